The smallest absolute Gasteiger partial charge is 0.343 e. The fraction of sp³-hybridized carbons (Fsp3) is 0.240. The molecule has 0 radical (unpaired) electrons. The second-order valence-electron chi connectivity index (χ2n) is 7.09. The maximum atomic E-state index is 12.3. The molecule has 2 nitrogen and oxygen atoms in total. The monoisotopic (exact) mass is 358 g/mol. The molecule has 0 spiro atoms. The predicted molar refractivity (Wildman–Crippen MR) is 111 cm³/mol. The molecule has 0 fully saturated rings. The Labute approximate surface area is 161 Å². The number of rotatable bonds is 6. The number of carbonyl (C=O) groups excluding carboxylic acids is 1. The summed E-state index contributed by atoms with van der Waals surface area (Å²) in [5.41, 5.74) is 5.30. The van der Waals surface area contributed by atoms with Crippen LogP contribution in [0.4, 0.5) is 0 Å². The van der Waals surface area contributed by atoms with E-state index in [9.17, 15) is 4.79 Å². The summed E-state index contributed by atoms with van der Waals surface area (Å²) >= 11 is 0. The van der Waals surface area contributed by atoms with Gasteiger partial charge in [0.05, 0.1) is 5.56 Å². The Morgan fingerprint density at radius 2 is 1.41 bits per heavy atom. The lowest BCUT2D eigenvalue weighted by Crippen LogP contribution is -2.08. The standard InChI is InChI=1S/C25H26O2/c1-4-5-19(3)20-8-10-21(11-9-20)22-12-14-23(15-13-22)25(26)27-24-16-6-18(2)7-17-24/h6-17,19H,4-5H2,1-3H3. The highest BCUT2D eigenvalue weighted by Crippen LogP contribution is 2.25. The van der Waals surface area contributed by atoms with E-state index in [0.29, 0.717) is 17.2 Å². The van der Waals surface area contributed by atoms with Crippen LogP contribution in [-0.2, 0) is 0 Å². The Hall–Kier alpha value is -2.87. The van der Waals surface area contributed by atoms with Crippen molar-refractivity contribution in [3.63, 3.8) is 0 Å². The molecule has 138 valence electrons. The summed E-state index contributed by atoms with van der Waals surface area (Å²) in [4.78, 5) is 12.3. The van der Waals surface area contributed by atoms with Crippen molar-refractivity contribution in [2.24, 2.45) is 0 Å². The molecule has 1 unspecified atom stereocenters. The molecular formula is C25H26O2. The van der Waals surface area contributed by atoms with E-state index in [-0.39, 0.29) is 5.97 Å². The van der Waals surface area contributed by atoms with E-state index in [4.69, 9.17) is 4.74 Å². The third-order valence-electron chi connectivity index (χ3n) is 4.89. The molecule has 3 aromatic carbocycles. The average molecular weight is 358 g/mol. The molecule has 0 saturated carbocycles. The Morgan fingerprint density at radius 1 is 0.852 bits per heavy atom. The lowest BCUT2D eigenvalue weighted by atomic mass is 9.94. The van der Waals surface area contributed by atoms with Gasteiger partial charge in [-0.3, -0.25) is 0 Å². The van der Waals surface area contributed by atoms with Gasteiger partial charge in [0.1, 0.15) is 5.75 Å². The highest BCUT2D eigenvalue weighted by molar-refractivity contribution is 5.91. The molecule has 0 aliphatic rings. The van der Waals surface area contributed by atoms with Crippen molar-refractivity contribution in [2.45, 2.75) is 39.5 Å². The van der Waals surface area contributed by atoms with Crippen LogP contribution >= 0.6 is 0 Å². The van der Waals surface area contributed by atoms with Gasteiger partial charge in [-0.2, -0.15) is 0 Å². The van der Waals surface area contributed by atoms with Crippen molar-refractivity contribution in [3.05, 3.63) is 89.5 Å². The second kappa shape index (κ2) is 8.68. The van der Waals surface area contributed by atoms with Crippen molar-refractivity contribution >= 4 is 5.97 Å². The van der Waals surface area contributed by atoms with Crippen LogP contribution in [0.1, 0.15) is 54.1 Å². The quantitative estimate of drug-likeness (QED) is 0.358. The van der Waals surface area contributed by atoms with Crippen LogP contribution in [0.15, 0.2) is 72.8 Å². The Balaban J connectivity index is 1.69. The van der Waals surface area contributed by atoms with E-state index in [1.807, 2.05) is 55.5 Å². The molecule has 1 atom stereocenters. The zero-order valence-electron chi connectivity index (χ0n) is 16.2. The van der Waals surface area contributed by atoms with Crippen molar-refractivity contribution in [2.75, 3.05) is 0 Å². The normalized spacial score (nSPS) is 11.8. The number of hydrogen-bond donors (Lipinski definition) is 0. The maximum absolute atomic E-state index is 12.3. The molecule has 27 heavy (non-hydrogen) atoms. The highest BCUT2D eigenvalue weighted by atomic mass is 16.5. The number of ether oxygens (including phenoxy) is 1. The summed E-state index contributed by atoms with van der Waals surface area (Å²) in [7, 11) is 0. The van der Waals surface area contributed by atoms with Crippen LogP contribution in [0.3, 0.4) is 0 Å². The first-order valence-electron chi connectivity index (χ1n) is 9.56. The first-order chi connectivity index (χ1) is 13.1. The summed E-state index contributed by atoms with van der Waals surface area (Å²) in [6.45, 7) is 6.49. The Bertz CT molecular complexity index is 875. The molecule has 0 saturated heterocycles. The van der Waals surface area contributed by atoms with Crippen molar-refractivity contribution < 1.29 is 9.53 Å². The first-order valence-corrected chi connectivity index (χ1v) is 9.56. The third kappa shape index (κ3) is 4.85. The van der Waals surface area contributed by atoms with E-state index < -0.39 is 0 Å². The minimum Gasteiger partial charge on any atom is -0.423 e. The zero-order chi connectivity index (χ0) is 19.2. The van der Waals surface area contributed by atoms with Gasteiger partial charge in [-0.1, -0.05) is 74.4 Å². The fourth-order valence-corrected chi connectivity index (χ4v) is 3.17. The average Bonchev–Trinajstić information content (AvgIpc) is 2.70. The van der Waals surface area contributed by atoms with Gasteiger partial charge in [0.15, 0.2) is 0 Å². The van der Waals surface area contributed by atoms with E-state index in [0.717, 1.165) is 16.7 Å². The van der Waals surface area contributed by atoms with Gasteiger partial charge in [-0.25, -0.2) is 4.79 Å². The third-order valence-corrected chi connectivity index (χ3v) is 4.89. The molecule has 3 aromatic rings. The van der Waals surface area contributed by atoms with Crippen molar-refractivity contribution in [1.82, 2.24) is 0 Å². The van der Waals surface area contributed by atoms with Gasteiger partial charge in [-0.15, -0.1) is 0 Å². The minimum absolute atomic E-state index is 0.339. The van der Waals surface area contributed by atoms with E-state index in [2.05, 4.69) is 38.1 Å². The number of benzene rings is 3. The zero-order valence-corrected chi connectivity index (χ0v) is 16.2. The number of hydrogen-bond acceptors (Lipinski definition) is 2. The Kier molecular flexibility index (Phi) is 6.08. The molecule has 0 amide bonds. The van der Waals surface area contributed by atoms with Gasteiger partial charge in [0, 0.05) is 0 Å². The Morgan fingerprint density at radius 3 is 1.96 bits per heavy atom. The van der Waals surface area contributed by atoms with Gasteiger partial charge in [0.25, 0.3) is 0 Å². The SMILES string of the molecule is CCCC(C)c1ccc(-c2ccc(C(=O)Oc3ccc(C)cc3)cc2)cc1. The van der Waals surface area contributed by atoms with Crippen molar-refractivity contribution in [1.29, 1.82) is 0 Å². The largest absolute Gasteiger partial charge is 0.423 e. The van der Waals surface area contributed by atoms with Gasteiger partial charge < -0.3 is 4.74 Å². The second-order valence-corrected chi connectivity index (χ2v) is 7.09. The number of carbonyl (C=O) groups is 1. The molecule has 0 aliphatic carbocycles. The van der Waals surface area contributed by atoms with Crippen LogP contribution in [0.5, 0.6) is 5.75 Å². The molecule has 0 heterocycles. The molecular weight excluding hydrogens is 332 g/mol. The summed E-state index contributed by atoms with van der Waals surface area (Å²) in [5.74, 6) is 0.809. The number of esters is 1. The molecule has 0 N–H and O–H groups in total. The van der Waals surface area contributed by atoms with E-state index in [1.54, 1.807) is 0 Å². The first kappa shape index (κ1) is 18.9. The van der Waals surface area contributed by atoms with Gasteiger partial charge >= 0.3 is 5.97 Å². The summed E-state index contributed by atoms with van der Waals surface area (Å²) in [5, 5.41) is 0. The van der Waals surface area contributed by atoms with Crippen LogP contribution in [0, 0.1) is 6.92 Å². The molecule has 3 rings (SSSR count). The summed E-state index contributed by atoms with van der Waals surface area (Å²) in [6.07, 6.45) is 2.40. The van der Waals surface area contributed by atoms with Crippen LogP contribution < -0.4 is 4.74 Å². The summed E-state index contributed by atoms with van der Waals surface area (Å²) < 4.78 is 5.43. The molecule has 2 heteroatoms. The van der Waals surface area contributed by atoms with E-state index in [1.165, 1.54) is 18.4 Å². The minimum atomic E-state index is -0.339. The molecule has 0 aliphatic heterocycles. The van der Waals surface area contributed by atoms with Crippen LogP contribution in [0.25, 0.3) is 11.1 Å². The number of aryl methyl sites for hydroxylation is 1. The lowest BCUT2D eigenvalue weighted by molar-refractivity contribution is 0.0735. The predicted octanol–water partition coefficient (Wildman–Crippen LogP) is 6.78. The fourth-order valence-electron chi connectivity index (χ4n) is 3.17. The van der Waals surface area contributed by atoms with Crippen LogP contribution in [0.2, 0.25) is 0 Å². The molecule has 0 bridgehead atoms. The summed E-state index contributed by atoms with van der Waals surface area (Å²) in [6, 6.07) is 23.8. The van der Waals surface area contributed by atoms with Crippen LogP contribution in [-0.4, -0.2) is 5.97 Å². The van der Waals surface area contributed by atoms with E-state index >= 15 is 0 Å². The van der Waals surface area contributed by atoms with Gasteiger partial charge in [0.2, 0.25) is 0 Å². The highest BCUT2D eigenvalue weighted by Gasteiger charge is 2.09. The van der Waals surface area contributed by atoms with Gasteiger partial charge in [-0.05, 0) is 60.2 Å². The lowest BCUT2D eigenvalue weighted by Gasteiger charge is -2.11. The molecule has 0 aromatic heterocycles. The maximum Gasteiger partial charge on any atom is 0.343 e. The topological polar surface area (TPSA) is 26.3 Å². The van der Waals surface area contributed by atoms with Crippen molar-refractivity contribution in [3.8, 4) is 16.9 Å².